The van der Waals surface area contributed by atoms with Crippen molar-refractivity contribution in [2.75, 3.05) is 12.3 Å². The lowest BCUT2D eigenvalue weighted by Gasteiger charge is -2.06. The van der Waals surface area contributed by atoms with Crippen molar-refractivity contribution in [3.63, 3.8) is 0 Å². The van der Waals surface area contributed by atoms with Gasteiger partial charge in [-0.3, -0.25) is 0 Å². The van der Waals surface area contributed by atoms with E-state index in [-0.39, 0.29) is 11.7 Å². The molecule has 2 aromatic rings. The Hall–Kier alpha value is -2.01. The van der Waals surface area contributed by atoms with Crippen molar-refractivity contribution in [2.45, 2.75) is 16.7 Å². The molecule has 5 heteroatoms. The number of carbonyl (C=O) groups excluding carboxylic acids is 1. The van der Waals surface area contributed by atoms with Gasteiger partial charge < -0.3 is 10.5 Å². The van der Waals surface area contributed by atoms with Crippen LogP contribution in [0.15, 0.2) is 52.3 Å². The molecule has 0 radical (unpaired) electrons. The number of anilines is 1. The van der Waals surface area contributed by atoms with Gasteiger partial charge in [0.2, 0.25) is 0 Å². The fourth-order valence-corrected chi connectivity index (χ4v) is 2.51. The van der Waals surface area contributed by atoms with E-state index in [1.54, 1.807) is 31.2 Å². The number of hydrogen-bond acceptors (Lipinski definition) is 4. The molecule has 2 rings (SSSR count). The minimum atomic E-state index is -0.448. The standard InChI is InChI=1S/C15H14FNO2S/c1-2-19-15(18)10-4-3-5-11(8-10)20-12-6-7-14(17)13(16)9-12/h3-9H,2,17H2,1H3. The number of halogens is 1. The minimum absolute atomic E-state index is 0.120. The number of benzene rings is 2. The van der Waals surface area contributed by atoms with E-state index in [9.17, 15) is 9.18 Å². The molecule has 0 atom stereocenters. The molecular weight excluding hydrogens is 277 g/mol. The third-order valence-corrected chi connectivity index (χ3v) is 3.53. The summed E-state index contributed by atoms with van der Waals surface area (Å²) < 4.78 is 18.3. The highest BCUT2D eigenvalue weighted by Crippen LogP contribution is 2.30. The second-order valence-corrected chi connectivity index (χ2v) is 5.18. The van der Waals surface area contributed by atoms with Gasteiger partial charge in [0.25, 0.3) is 0 Å². The molecule has 0 amide bonds. The highest BCUT2D eigenvalue weighted by Gasteiger charge is 2.08. The van der Waals surface area contributed by atoms with Crippen molar-refractivity contribution < 1.29 is 13.9 Å². The predicted molar refractivity (Wildman–Crippen MR) is 77.3 cm³/mol. The summed E-state index contributed by atoms with van der Waals surface area (Å²) >= 11 is 1.36. The van der Waals surface area contributed by atoms with Gasteiger partial charge in [0.05, 0.1) is 17.9 Å². The molecule has 0 aliphatic heterocycles. The quantitative estimate of drug-likeness (QED) is 0.688. The first kappa shape index (κ1) is 14.4. The number of rotatable bonds is 4. The predicted octanol–water partition coefficient (Wildman–Crippen LogP) is 3.74. The van der Waals surface area contributed by atoms with E-state index >= 15 is 0 Å². The molecule has 0 unspecified atom stereocenters. The van der Waals surface area contributed by atoms with Crippen LogP contribution >= 0.6 is 11.8 Å². The van der Waals surface area contributed by atoms with Crippen LogP contribution in [0.3, 0.4) is 0 Å². The van der Waals surface area contributed by atoms with Crippen LogP contribution in [-0.2, 0) is 4.74 Å². The van der Waals surface area contributed by atoms with E-state index in [0.29, 0.717) is 12.2 Å². The number of esters is 1. The molecule has 0 bridgehead atoms. The van der Waals surface area contributed by atoms with Crippen molar-refractivity contribution in [3.8, 4) is 0 Å². The molecule has 0 spiro atoms. The average molecular weight is 291 g/mol. The molecule has 0 saturated carbocycles. The first-order valence-electron chi connectivity index (χ1n) is 6.10. The number of nitrogens with two attached hydrogens (primary N) is 1. The summed E-state index contributed by atoms with van der Waals surface area (Å²) in [5.74, 6) is -0.810. The van der Waals surface area contributed by atoms with E-state index < -0.39 is 5.82 Å². The van der Waals surface area contributed by atoms with Gasteiger partial charge >= 0.3 is 5.97 Å². The second kappa shape index (κ2) is 6.43. The normalized spacial score (nSPS) is 10.3. The summed E-state index contributed by atoms with van der Waals surface area (Å²) in [5.41, 5.74) is 6.03. The van der Waals surface area contributed by atoms with Crippen molar-refractivity contribution in [3.05, 3.63) is 53.8 Å². The fraction of sp³-hybridized carbons (Fsp3) is 0.133. The molecule has 0 aliphatic rings. The zero-order valence-electron chi connectivity index (χ0n) is 10.9. The summed E-state index contributed by atoms with van der Waals surface area (Å²) in [6.45, 7) is 2.09. The largest absolute Gasteiger partial charge is 0.462 e. The zero-order valence-corrected chi connectivity index (χ0v) is 11.7. The smallest absolute Gasteiger partial charge is 0.338 e. The van der Waals surface area contributed by atoms with Gasteiger partial charge in [-0.2, -0.15) is 0 Å². The first-order valence-corrected chi connectivity index (χ1v) is 6.92. The maximum atomic E-state index is 13.4. The summed E-state index contributed by atoms with van der Waals surface area (Å²) in [6.07, 6.45) is 0. The van der Waals surface area contributed by atoms with Crippen molar-refractivity contribution in [1.82, 2.24) is 0 Å². The van der Waals surface area contributed by atoms with Crippen LogP contribution in [0.2, 0.25) is 0 Å². The molecule has 0 saturated heterocycles. The molecule has 104 valence electrons. The van der Waals surface area contributed by atoms with Gasteiger partial charge in [-0.15, -0.1) is 0 Å². The topological polar surface area (TPSA) is 52.3 Å². The maximum Gasteiger partial charge on any atom is 0.338 e. The van der Waals surface area contributed by atoms with E-state index in [1.165, 1.54) is 23.9 Å². The van der Waals surface area contributed by atoms with Crippen molar-refractivity contribution in [2.24, 2.45) is 0 Å². The molecule has 2 N–H and O–H groups in total. The zero-order chi connectivity index (χ0) is 14.5. The Morgan fingerprint density at radius 3 is 2.70 bits per heavy atom. The lowest BCUT2D eigenvalue weighted by atomic mass is 10.2. The van der Waals surface area contributed by atoms with Gasteiger partial charge in [0.15, 0.2) is 0 Å². The first-order chi connectivity index (χ1) is 9.60. The van der Waals surface area contributed by atoms with Gasteiger partial charge in [-0.1, -0.05) is 17.8 Å². The highest BCUT2D eigenvalue weighted by molar-refractivity contribution is 7.99. The number of hydrogen-bond donors (Lipinski definition) is 1. The summed E-state index contributed by atoms with van der Waals surface area (Å²) in [6, 6.07) is 11.6. The highest BCUT2D eigenvalue weighted by atomic mass is 32.2. The lowest BCUT2D eigenvalue weighted by Crippen LogP contribution is -2.04. The molecule has 0 aliphatic carbocycles. The third kappa shape index (κ3) is 3.51. The Bertz CT molecular complexity index is 631. The van der Waals surface area contributed by atoms with E-state index in [0.717, 1.165) is 9.79 Å². The van der Waals surface area contributed by atoms with Crippen molar-refractivity contribution in [1.29, 1.82) is 0 Å². The van der Waals surface area contributed by atoms with Gasteiger partial charge in [-0.05, 0) is 43.3 Å². The van der Waals surface area contributed by atoms with Crippen LogP contribution in [0, 0.1) is 5.82 Å². The molecule has 3 nitrogen and oxygen atoms in total. The monoisotopic (exact) mass is 291 g/mol. The molecule has 0 aromatic heterocycles. The summed E-state index contributed by atoms with van der Waals surface area (Å²) in [5, 5.41) is 0. The van der Waals surface area contributed by atoms with E-state index in [2.05, 4.69) is 0 Å². The maximum absolute atomic E-state index is 13.4. The molecule has 20 heavy (non-hydrogen) atoms. The number of ether oxygens (including phenoxy) is 1. The lowest BCUT2D eigenvalue weighted by molar-refractivity contribution is 0.0526. The van der Waals surface area contributed by atoms with E-state index in [1.807, 2.05) is 6.07 Å². The Labute approximate surface area is 120 Å². The van der Waals surface area contributed by atoms with Crippen LogP contribution in [0.4, 0.5) is 10.1 Å². The van der Waals surface area contributed by atoms with Crippen LogP contribution in [0.1, 0.15) is 17.3 Å². The molecule has 0 heterocycles. The average Bonchev–Trinajstić information content (AvgIpc) is 2.43. The van der Waals surface area contributed by atoms with Crippen molar-refractivity contribution >= 4 is 23.4 Å². The van der Waals surface area contributed by atoms with Crippen LogP contribution in [0.5, 0.6) is 0 Å². The summed E-state index contributed by atoms with van der Waals surface area (Å²) in [7, 11) is 0. The Morgan fingerprint density at radius 1 is 1.25 bits per heavy atom. The van der Waals surface area contributed by atoms with Gasteiger partial charge in [0.1, 0.15) is 5.82 Å². The van der Waals surface area contributed by atoms with Gasteiger partial charge in [-0.25, -0.2) is 9.18 Å². The summed E-state index contributed by atoms with van der Waals surface area (Å²) in [4.78, 5) is 13.2. The number of carbonyl (C=O) groups is 1. The fourth-order valence-electron chi connectivity index (χ4n) is 1.61. The third-order valence-electron chi connectivity index (χ3n) is 2.55. The van der Waals surface area contributed by atoms with Crippen LogP contribution < -0.4 is 5.73 Å². The van der Waals surface area contributed by atoms with Crippen LogP contribution in [0.25, 0.3) is 0 Å². The van der Waals surface area contributed by atoms with Crippen LogP contribution in [-0.4, -0.2) is 12.6 Å². The number of nitrogen functional groups attached to an aromatic ring is 1. The molecular formula is C15H14FNO2S. The van der Waals surface area contributed by atoms with Gasteiger partial charge in [0, 0.05) is 9.79 Å². The minimum Gasteiger partial charge on any atom is -0.462 e. The molecule has 0 fully saturated rings. The Morgan fingerprint density at radius 2 is 2.00 bits per heavy atom. The molecule has 2 aromatic carbocycles. The van der Waals surface area contributed by atoms with E-state index in [4.69, 9.17) is 10.5 Å². The second-order valence-electron chi connectivity index (χ2n) is 4.03. The Kier molecular flexibility index (Phi) is 4.63. The SMILES string of the molecule is CCOC(=O)c1cccc(Sc2ccc(N)c(F)c2)c1. The Balaban J connectivity index is 2.19.